The summed E-state index contributed by atoms with van der Waals surface area (Å²) in [6.45, 7) is 7.18. The van der Waals surface area contributed by atoms with Gasteiger partial charge in [-0.25, -0.2) is 0 Å². The number of hydrogen-bond donors (Lipinski definition) is 2. The second kappa shape index (κ2) is 7.85. The molecule has 1 saturated heterocycles. The zero-order chi connectivity index (χ0) is 14.3. The van der Waals surface area contributed by atoms with Crippen LogP contribution in [0.2, 0.25) is 0 Å². The molecule has 1 fully saturated rings. The number of amides is 1. The lowest BCUT2D eigenvalue weighted by Gasteiger charge is -2.31. The highest BCUT2D eigenvalue weighted by Gasteiger charge is 2.26. The van der Waals surface area contributed by atoms with E-state index < -0.39 is 0 Å². The third-order valence-electron chi connectivity index (χ3n) is 3.77. The fourth-order valence-corrected chi connectivity index (χ4v) is 2.44. The Bertz CT molecular complexity index is 267. The molecular weight excluding hydrogens is 242 g/mol. The Hall–Kier alpha value is -0.610. The van der Waals surface area contributed by atoms with Crippen LogP contribution in [0.3, 0.4) is 0 Å². The quantitative estimate of drug-likeness (QED) is 0.779. The second-order valence-electron chi connectivity index (χ2n) is 6.53. The molecule has 0 aromatic heterocycles. The number of nitrogens with one attached hydrogen (secondary N) is 1. The maximum atomic E-state index is 12.0. The maximum Gasteiger partial charge on any atom is 0.220 e. The summed E-state index contributed by atoms with van der Waals surface area (Å²) in [6.07, 6.45) is 5.62. The van der Waals surface area contributed by atoms with Crippen LogP contribution >= 0.6 is 0 Å². The first kappa shape index (κ1) is 16.4. The van der Waals surface area contributed by atoms with Crippen molar-refractivity contribution in [3.05, 3.63) is 0 Å². The SMILES string of the molecule is CC(C)(C)C(CCO)NC(=O)CCC1CCCCO1. The third kappa shape index (κ3) is 6.39. The average molecular weight is 271 g/mol. The lowest BCUT2D eigenvalue weighted by molar-refractivity contribution is -0.123. The normalized spacial score (nSPS) is 22.0. The van der Waals surface area contributed by atoms with Gasteiger partial charge < -0.3 is 15.2 Å². The van der Waals surface area contributed by atoms with Gasteiger partial charge in [0.2, 0.25) is 5.91 Å². The van der Waals surface area contributed by atoms with Crippen LogP contribution in [-0.4, -0.2) is 36.4 Å². The van der Waals surface area contributed by atoms with Gasteiger partial charge in [-0.15, -0.1) is 0 Å². The van der Waals surface area contributed by atoms with E-state index in [-0.39, 0.29) is 30.1 Å². The van der Waals surface area contributed by atoms with Gasteiger partial charge in [0.05, 0.1) is 6.10 Å². The largest absolute Gasteiger partial charge is 0.396 e. The van der Waals surface area contributed by atoms with E-state index in [0.717, 1.165) is 25.9 Å². The van der Waals surface area contributed by atoms with Crippen molar-refractivity contribution in [1.82, 2.24) is 5.32 Å². The van der Waals surface area contributed by atoms with E-state index in [9.17, 15) is 4.79 Å². The highest BCUT2D eigenvalue weighted by molar-refractivity contribution is 5.76. The Morgan fingerprint density at radius 3 is 2.68 bits per heavy atom. The van der Waals surface area contributed by atoms with Gasteiger partial charge in [-0.3, -0.25) is 4.79 Å². The number of aliphatic hydroxyl groups is 1. The van der Waals surface area contributed by atoms with Gasteiger partial charge in [-0.05, 0) is 37.5 Å². The summed E-state index contributed by atoms with van der Waals surface area (Å²) >= 11 is 0. The molecule has 2 N–H and O–H groups in total. The summed E-state index contributed by atoms with van der Waals surface area (Å²) < 4.78 is 5.63. The molecule has 2 atom stereocenters. The molecule has 2 unspecified atom stereocenters. The molecule has 0 saturated carbocycles. The van der Waals surface area contributed by atoms with E-state index in [4.69, 9.17) is 9.84 Å². The lowest BCUT2D eigenvalue weighted by atomic mass is 9.85. The van der Waals surface area contributed by atoms with Crippen LogP contribution in [0.1, 0.15) is 59.3 Å². The minimum Gasteiger partial charge on any atom is -0.396 e. The second-order valence-corrected chi connectivity index (χ2v) is 6.53. The Morgan fingerprint density at radius 2 is 2.16 bits per heavy atom. The van der Waals surface area contributed by atoms with Gasteiger partial charge in [-0.1, -0.05) is 20.8 Å². The van der Waals surface area contributed by atoms with Crippen molar-refractivity contribution in [2.75, 3.05) is 13.2 Å². The number of aliphatic hydroxyl groups excluding tert-OH is 1. The molecule has 1 aliphatic heterocycles. The Morgan fingerprint density at radius 1 is 1.42 bits per heavy atom. The molecule has 0 aliphatic carbocycles. The summed E-state index contributed by atoms with van der Waals surface area (Å²) in [5.74, 6) is 0.0718. The molecule has 0 spiro atoms. The Kier molecular flexibility index (Phi) is 6.80. The molecule has 1 aliphatic rings. The van der Waals surface area contributed by atoms with Crippen LogP contribution in [-0.2, 0) is 9.53 Å². The maximum absolute atomic E-state index is 12.0. The van der Waals surface area contributed by atoms with Crippen LogP contribution in [0, 0.1) is 5.41 Å². The van der Waals surface area contributed by atoms with Gasteiger partial charge in [0.25, 0.3) is 0 Å². The molecule has 0 radical (unpaired) electrons. The van der Waals surface area contributed by atoms with E-state index in [1.807, 2.05) is 0 Å². The number of hydrogen-bond acceptors (Lipinski definition) is 3. The smallest absolute Gasteiger partial charge is 0.220 e. The predicted octanol–water partition coefficient (Wildman–Crippen LogP) is 2.25. The van der Waals surface area contributed by atoms with E-state index in [2.05, 4.69) is 26.1 Å². The van der Waals surface area contributed by atoms with E-state index in [1.165, 1.54) is 6.42 Å². The number of ether oxygens (including phenoxy) is 1. The molecule has 4 nitrogen and oxygen atoms in total. The lowest BCUT2D eigenvalue weighted by Crippen LogP contribution is -2.44. The van der Waals surface area contributed by atoms with Crippen LogP contribution in [0.5, 0.6) is 0 Å². The zero-order valence-electron chi connectivity index (χ0n) is 12.6. The summed E-state index contributed by atoms with van der Waals surface area (Å²) in [4.78, 5) is 12.0. The van der Waals surface area contributed by atoms with Crippen molar-refractivity contribution in [2.24, 2.45) is 5.41 Å². The first-order valence-electron chi connectivity index (χ1n) is 7.45. The molecule has 0 aromatic rings. The monoisotopic (exact) mass is 271 g/mol. The van der Waals surface area contributed by atoms with Crippen molar-refractivity contribution < 1.29 is 14.6 Å². The summed E-state index contributed by atoms with van der Waals surface area (Å²) in [6, 6.07) is 0.0253. The fourth-order valence-electron chi connectivity index (χ4n) is 2.44. The molecule has 4 heteroatoms. The number of carbonyl (C=O) groups is 1. The van der Waals surface area contributed by atoms with Gasteiger partial charge in [0, 0.05) is 25.7 Å². The molecule has 0 bridgehead atoms. The van der Waals surface area contributed by atoms with E-state index >= 15 is 0 Å². The van der Waals surface area contributed by atoms with Gasteiger partial charge in [-0.2, -0.15) is 0 Å². The van der Waals surface area contributed by atoms with Crippen molar-refractivity contribution in [2.45, 2.75) is 71.4 Å². The molecule has 1 amide bonds. The molecule has 1 heterocycles. The van der Waals surface area contributed by atoms with Crippen molar-refractivity contribution in [1.29, 1.82) is 0 Å². The van der Waals surface area contributed by atoms with Crippen LogP contribution in [0.4, 0.5) is 0 Å². The average Bonchev–Trinajstić information content (AvgIpc) is 2.36. The Labute approximate surface area is 116 Å². The summed E-state index contributed by atoms with van der Waals surface area (Å²) in [5.41, 5.74) is -0.0280. The molecule has 0 aromatic carbocycles. The molecule has 1 rings (SSSR count). The number of rotatable bonds is 6. The fraction of sp³-hybridized carbons (Fsp3) is 0.933. The van der Waals surface area contributed by atoms with E-state index in [1.54, 1.807) is 0 Å². The van der Waals surface area contributed by atoms with Crippen molar-refractivity contribution >= 4 is 5.91 Å². The first-order valence-corrected chi connectivity index (χ1v) is 7.45. The third-order valence-corrected chi connectivity index (χ3v) is 3.77. The minimum atomic E-state index is -0.0280. The minimum absolute atomic E-state index is 0.0253. The topological polar surface area (TPSA) is 58.6 Å². The van der Waals surface area contributed by atoms with E-state index in [0.29, 0.717) is 12.8 Å². The van der Waals surface area contributed by atoms with Crippen LogP contribution < -0.4 is 5.32 Å². The Balaban J connectivity index is 2.31. The van der Waals surface area contributed by atoms with Gasteiger partial charge >= 0.3 is 0 Å². The standard InChI is InChI=1S/C15H29NO3/c1-15(2,3)13(9-10-17)16-14(18)8-7-12-6-4-5-11-19-12/h12-13,17H,4-11H2,1-3H3,(H,16,18). The predicted molar refractivity (Wildman–Crippen MR) is 75.9 cm³/mol. The molecule has 112 valence electrons. The molecule has 19 heavy (non-hydrogen) atoms. The number of carbonyl (C=O) groups excluding carboxylic acids is 1. The van der Waals surface area contributed by atoms with Crippen molar-refractivity contribution in [3.63, 3.8) is 0 Å². The highest BCUT2D eigenvalue weighted by Crippen LogP contribution is 2.22. The zero-order valence-corrected chi connectivity index (χ0v) is 12.6. The van der Waals surface area contributed by atoms with Crippen LogP contribution in [0.15, 0.2) is 0 Å². The first-order chi connectivity index (χ1) is 8.93. The van der Waals surface area contributed by atoms with Crippen molar-refractivity contribution in [3.8, 4) is 0 Å². The van der Waals surface area contributed by atoms with Crippen LogP contribution in [0.25, 0.3) is 0 Å². The summed E-state index contributed by atoms with van der Waals surface area (Å²) in [5, 5.41) is 12.1. The van der Waals surface area contributed by atoms with Gasteiger partial charge in [0.15, 0.2) is 0 Å². The molecular formula is C15H29NO3. The summed E-state index contributed by atoms with van der Waals surface area (Å²) in [7, 11) is 0. The van der Waals surface area contributed by atoms with Gasteiger partial charge in [0.1, 0.15) is 0 Å². The highest BCUT2D eigenvalue weighted by atomic mass is 16.5.